The monoisotopic (exact) mass is 479 g/mol. The van der Waals surface area contributed by atoms with E-state index in [1.807, 2.05) is 0 Å². The fourth-order valence-corrected chi connectivity index (χ4v) is 3.57. The predicted octanol–water partition coefficient (Wildman–Crippen LogP) is 5.51. The van der Waals surface area contributed by atoms with Crippen LogP contribution in [0.3, 0.4) is 0 Å². The maximum absolute atomic E-state index is 13.0. The highest BCUT2D eigenvalue weighted by Gasteiger charge is 2.31. The van der Waals surface area contributed by atoms with Crippen LogP contribution in [0.15, 0.2) is 65.3 Å². The summed E-state index contributed by atoms with van der Waals surface area (Å²) in [5.41, 5.74) is 4.81. The third-order valence-corrected chi connectivity index (χ3v) is 5.54. The van der Waals surface area contributed by atoms with Gasteiger partial charge in [0.05, 0.1) is 22.0 Å². The zero-order valence-corrected chi connectivity index (χ0v) is 18.7. The molecule has 0 radical (unpaired) electrons. The van der Waals surface area contributed by atoms with Gasteiger partial charge in [-0.05, 0) is 56.3 Å². The van der Waals surface area contributed by atoms with Crippen LogP contribution in [-0.2, 0) is 4.74 Å². The second kappa shape index (κ2) is 11.3. The Labute approximate surface area is 195 Å². The van der Waals surface area contributed by atoms with Crippen molar-refractivity contribution >= 4 is 29.0 Å². The van der Waals surface area contributed by atoms with Gasteiger partial charge in [-0.15, -0.1) is 0 Å². The predicted molar refractivity (Wildman–Crippen MR) is 123 cm³/mol. The van der Waals surface area contributed by atoms with Crippen molar-refractivity contribution in [3.8, 4) is 0 Å². The van der Waals surface area contributed by atoms with Gasteiger partial charge in [0.15, 0.2) is 0 Å². The van der Waals surface area contributed by atoms with E-state index in [0.717, 1.165) is 32.0 Å². The van der Waals surface area contributed by atoms with Crippen molar-refractivity contribution in [1.82, 2.24) is 4.90 Å². The van der Waals surface area contributed by atoms with Crippen molar-refractivity contribution in [1.29, 1.82) is 0 Å². The molecule has 1 aliphatic heterocycles. The smallest absolute Gasteiger partial charge is 0.430 e. The molecule has 3 rings (SSSR count). The number of halogens is 4. The molecule has 2 N–H and O–H groups in total. The number of likely N-dealkylation sites (tertiary alicyclic amines) is 1. The number of hydrogen-bond acceptors (Lipinski definition) is 5. The molecule has 2 aromatic rings. The van der Waals surface area contributed by atoms with E-state index in [1.54, 1.807) is 24.3 Å². The topological polar surface area (TPSA) is 67.9 Å². The Bertz CT molecular complexity index is 1010. The van der Waals surface area contributed by atoms with Crippen LogP contribution in [0, 0.1) is 0 Å². The molecule has 5 nitrogen and oxygen atoms in total. The van der Waals surface area contributed by atoms with Gasteiger partial charge in [-0.25, -0.2) is 9.79 Å². The molecule has 0 amide bonds. The van der Waals surface area contributed by atoms with Crippen LogP contribution < -0.4 is 5.73 Å². The molecular formula is C24H25ClF3N3O2. The first-order valence-corrected chi connectivity index (χ1v) is 11.0. The Morgan fingerprint density at radius 3 is 2.33 bits per heavy atom. The second-order valence-corrected chi connectivity index (χ2v) is 8.07. The average molecular weight is 480 g/mol. The number of carbonyl (C=O) groups excluding carboxylic acids is 1. The molecule has 1 aliphatic rings. The van der Waals surface area contributed by atoms with Crippen LogP contribution >= 0.6 is 11.6 Å². The molecule has 0 unspecified atom stereocenters. The van der Waals surface area contributed by atoms with Crippen LogP contribution in [0.5, 0.6) is 0 Å². The number of nitrogens with zero attached hydrogens (tertiary/aromatic N) is 2. The summed E-state index contributed by atoms with van der Waals surface area (Å²) in [6, 6.07) is 12.5. The van der Waals surface area contributed by atoms with Gasteiger partial charge in [0.1, 0.15) is 12.3 Å². The van der Waals surface area contributed by atoms with Gasteiger partial charge in [-0.2, -0.15) is 13.2 Å². The molecule has 0 spiro atoms. The first-order valence-electron chi connectivity index (χ1n) is 10.6. The molecule has 1 heterocycles. The summed E-state index contributed by atoms with van der Waals surface area (Å²) in [7, 11) is 0. The maximum Gasteiger partial charge on any atom is 0.430 e. The van der Waals surface area contributed by atoms with E-state index < -0.39 is 17.8 Å². The number of benzene rings is 2. The lowest BCUT2D eigenvalue weighted by Crippen LogP contribution is -2.33. The highest BCUT2D eigenvalue weighted by atomic mass is 35.5. The molecular weight excluding hydrogens is 455 g/mol. The van der Waals surface area contributed by atoms with E-state index in [0.29, 0.717) is 23.4 Å². The fraction of sp³-hybridized carbons (Fsp3) is 0.333. The number of esters is 1. The number of ether oxygens (including phenoxy) is 1. The number of aliphatic imine (C=N–C) groups is 1. The Hall–Kier alpha value is -2.84. The normalized spacial score (nSPS) is 16.0. The molecule has 2 aromatic carbocycles. The summed E-state index contributed by atoms with van der Waals surface area (Å²) in [5.74, 6) is -0.492. The molecule has 1 fully saturated rings. The first kappa shape index (κ1) is 24.8. The minimum atomic E-state index is -4.71. The number of rotatable bonds is 7. The van der Waals surface area contributed by atoms with Crippen molar-refractivity contribution in [2.45, 2.75) is 25.4 Å². The average Bonchev–Trinajstić information content (AvgIpc) is 2.80. The standard InChI is InChI=1S/C24H25ClF3N3O2/c25-19-6-2-3-7-20(19)30-21(16-22(29)24(26,27)28)17-8-10-18(11-9-17)23(32)33-15-14-31-12-4-1-5-13-31/h2-3,6-11,16H,1,4-5,12-15,29H2. The molecule has 1 saturated heterocycles. The Kier molecular flexibility index (Phi) is 8.52. The summed E-state index contributed by atoms with van der Waals surface area (Å²) in [6.07, 6.45) is -0.426. The van der Waals surface area contributed by atoms with E-state index in [1.165, 1.54) is 30.7 Å². The third-order valence-electron chi connectivity index (χ3n) is 5.22. The van der Waals surface area contributed by atoms with Crippen LogP contribution in [0.2, 0.25) is 5.02 Å². The number of alkyl halides is 3. The van der Waals surface area contributed by atoms with Gasteiger partial charge < -0.3 is 10.5 Å². The molecule has 0 bridgehead atoms. The van der Waals surface area contributed by atoms with Crippen LogP contribution in [0.4, 0.5) is 18.9 Å². The Balaban J connectivity index is 1.76. The fourth-order valence-electron chi connectivity index (χ4n) is 3.39. The molecule has 0 saturated carbocycles. The number of piperidine rings is 1. The van der Waals surface area contributed by atoms with E-state index >= 15 is 0 Å². The van der Waals surface area contributed by atoms with E-state index in [4.69, 9.17) is 22.1 Å². The third kappa shape index (κ3) is 7.33. The quantitative estimate of drug-likeness (QED) is 0.420. The minimum absolute atomic E-state index is 0.0389. The van der Waals surface area contributed by atoms with Crippen LogP contribution in [-0.4, -0.2) is 49.0 Å². The van der Waals surface area contributed by atoms with Gasteiger partial charge in [0.2, 0.25) is 0 Å². The summed E-state index contributed by atoms with van der Waals surface area (Å²) in [6.45, 7) is 2.98. The molecule has 33 heavy (non-hydrogen) atoms. The summed E-state index contributed by atoms with van der Waals surface area (Å²) < 4.78 is 44.4. The second-order valence-electron chi connectivity index (χ2n) is 7.66. The van der Waals surface area contributed by atoms with Gasteiger partial charge in [0.25, 0.3) is 0 Å². The van der Waals surface area contributed by atoms with E-state index in [9.17, 15) is 18.0 Å². The first-order chi connectivity index (χ1) is 15.7. The van der Waals surface area contributed by atoms with Gasteiger partial charge in [0, 0.05) is 12.1 Å². The maximum atomic E-state index is 13.0. The Morgan fingerprint density at radius 1 is 1.06 bits per heavy atom. The van der Waals surface area contributed by atoms with Crippen molar-refractivity contribution in [3.05, 3.63) is 76.5 Å². The minimum Gasteiger partial charge on any atom is -0.461 e. The number of allylic oxidation sites excluding steroid dienone is 2. The zero-order chi connectivity index (χ0) is 23.8. The summed E-state index contributed by atoms with van der Waals surface area (Å²) in [5, 5.41) is 0.280. The SMILES string of the molecule is NC(=CC(=Nc1ccccc1Cl)c1ccc(C(=O)OCCN2CCCCC2)cc1)C(F)(F)F. The lowest BCUT2D eigenvalue weighted by Gasteiger charge is -2.25. The van der Waals surface area contributed by atoms with Gasteiger partial charge >= 0.3 is 12.1 Å². The molecule has 0 aliphatic carbocycles. The zero-order valence-electron chi connectivity index (χ0n) is 17.9. The van der Waals surface area contributed by atoms with E-state index in [-0.39, 0.29) is 17.3 Å². The van der Waals surface area contributed by atoms with Crippen molar-refractivity contribution in [3.63, 3.8) is 0 Å². The van der Waals surface area contributed by atoms with Gasteiger partial charge in [-0.1, -0.05) is 42.3 Å². The molecule has 176 valence electrons. The Morgan fingerprint density at radius 2 is 1.70 bits per heavy atom. The number of para-hydroxylation sites is 1. The molecule has 0 atom stereocenters. The largest absolute Gasteiger partial charge is 0.461 e. The lowest BCUT2D eigenvalue weighted by molar-refractivity contribution is -0.0925. The molecule has 9 heteroatoms. The van der Waals surface area contributed by atoms with Gasteiger partial charge in [-0.3, -0.25) is 4.90 Å². The van der Waals surface area contributed by atoms with Crippen molar-refractivity contribution in [2.24, 2.45) is 10.7 Å². The summed E-state index contributed by atoms with van der Waals surface area (Å²) >= 11 is 6.11. The van der Waals surface area contributed by atoms with Crippen LogP contribution in [0.1, 0.15) is 35.2 Å². The van der Waals surface area contributed by atoms with Crippen LogP contribution in [0.25, 0.3) is 0 Å². The lowest BCUT2D eigenvalue weighted by atomic mass is 10.1. The van der Waals surface area contributed by atoms with Crippen molar-refractivity contribution < 1.29 is 22.7 Å². The van der Waals surface area contributed by atoms with Crippen molar-refractivity contribution in [2.75, 3.05) is 26.2 Å². The highest BCUT2D eigenvalue weighted by Crippen LogP contribution is 2.27. The number of nitrogens with two attached hydrogens (primary N) is 1. The molecule has 0 aromatic heterocycles. The highest BCUT2D eigenvalue weighted by molar-refractivity contribution is 6.33. The summed E-state index contributed by atoms with van der Waals surface area (Å²) in [4.78, 5) is 18.9. The van der Waals surface area contributed by atoms with E-state index in [2.05, 4.69) is 9.89 Å². The number of carbonyl (C=O) groups is 1. The number of hydrogen-bond donors (Lipinski definition) is 1.